The van der Waals surface area contributed by atoms with E-state index in [1.807, 2.05) is 0 Å². The Hall–Kier alpha value is -3.65. The predicted molar refractivity (Wildman–Crippen MR) is 110 cm³/mol. The first kappa shape index (κ1) is 20.1. The average molecular weight is 454 g/mol. The van der Waals surface area contributed by atoms with Gasteiger partial charge in [-0.05, 0) is 48.0 Å². The van der Waals surface area contributed by atoms with Gasteiger partial charge in [0.1, 0.15) is 5.70 Å². The fourth-order valence-corrected chi connectivity index (χ4v) is 2.58. The van der Waals surface area contributed by atoms with Crippen LogP contribution in [0.3, 0.4) is 0 Å². The van der Waals surface area contributed by atoms with Gasteiger partial charge in [-0.3, -0.25) is 25.2 Å². The van der Waals surface area contributed by atoms with Gasteiger partial charge in [0, 0.05) is 10.0 Å². The van der Waals surface area contributed by atoms with E-state index in [1.54, 1.807) is 60.7 Å². The number of hydrogen-bond donors (Lipinski definition) is 3. The van der Waals surface area contributed by atoms with Crippen molar-refractivity contribution in [3.8, 4) is 0 Å². The summed E-state index contributed by atoms with van der Waals surface area (Å²) in [6.45, 7) is 0. The molecule has 1 heterocycles. The highest BCUT2D eigenvalue weighted by molar-refractivity contribution is 9.10. The maximum Gasteiger partial charge on any atom is 0.291 e. The first-order chi connectivity index (χ1) is 14.0. The fourth-order valence-electron chi connectivity index (χ4n) is 2.32. The lowest BCUT2D eigenvalue weighted by atomic mass is 10.2. The van der Waals surface area contributed by atoms with Crippen molar-refractivity contribution in [1.82, 2.24) is 16.2 Å². The number of carbonyl (C=O) groups is 3. The monoisotopic (exact) mass is 453 g/mol. The second kappa shape index (κ2) is 9.52. The summed E-state index contributed by atoms with van der Waals surface area (Å²) in [5, 5.41) is 2.50. The van der Waals surface area contributed by atoms with E-state index in [-0.39, 0.29) is 11.5 Å². The molecule has 0 unspecified atom stereocenters. The van der Waals surface area contributed by atoms with Crippen molar-refractivity contribution in [3.05, 3.63) is 100 Å². The Morgan fingerprint density at radius 2 is 1.55 bits per heavy atom. The number of hydrogen-bond acceptors (Lipinski definition) is 4. The molecule has 146 valence electrons. The summed E-state index contributed by atoms with van der Waals surface area (Å²) in [6.07, 6.45) is 2.84. The van der Waals surface area contributed by atoms with Gasteiger partial charge >= 0.3 is 0 Å². The molecule has 0 bridgehead atoms. The van der Waals surface area contributed by atoms with Crippen LogP contribution in [0.4, 0.5) is 0 Å². The molecule has 8 heteroatoms. The van der Waals surface area contributed by atoms with Crippen LogP contribution < -0.4 is 16.2 Å². The van der Waals surface area contributed by atoms with Gasteiger partial charge in [0.05, 0.1) is 6.26 Å². The van der Waals surface area contributed by atoms with Crippen molar-refractivity contribution in [2.75, 3.05) is 0 Å². The van der Waals surface area contributed by atoms with Crippen LogP contribution in [0.25, 0.3) is 6.08 Å². The third-order valence-electron chi connectivity index (χ3n) is 3.74. The topological polar surface area (TPSA) is 100 Å². The standard InChI is InChI=1S/C21H16BrN3O4/c22-16-10-8-14(9-11-16)13-17(23-21(28)18-7-4-12-29-18)20(27)25-24-19(26)15-5-2-1-3-6-15/h1-13H,(H,23,28)(H,24,26)(H,25,27)/b17-13+. The van der Waals surface area contributed by atoms with Gasteiger partial charge < -0.3 is 9.73 Å². The van der Waals surface area contributed by atoms with Crippen LogP contribution in [-0.2, 0) is 4.79 Å². The Kier molecular flexibility index (Phi) is 6.59. The first-order valence-corrected chi connectivity index (χ1v) is 9.30. The molecule has 0 fully saturated rings. The van der Waals surface area contributed by atoms with E-state index in [2.05, 4.69) is 32.1 Å². The van der Waals surface area contributed by atoms with Crippen molar-refractivity contribution in [2.24, 2.45) is 0 Å². The molecular weight excluding hydrogens is 438 g/mol. The van der Waals surface area contributed by atoms with E-state index in [4.69, 9.17) is 4.42 Å². The molecule has 29 heavy (non-hydrogen) atoms. The van der Waals surface area contributed by atoms with Gasteiger partial charge in [-0.2, -0.15) is 0 Å². The Morgan fingerprint density at radius 1 is 0.828 bits per heavy atom. The number of halogens is 1. The molecule has 3 amide bonds. The molecule has 2 aromatic carbocycles. The molecule has 0 aliphatic heterocycles. The second-order valence-corrected chi connectivity index (χ2v) is 6.73. The van der Waals surface area contributed by atoms with Crippen molar-refractivity contribution in [2.45, 2.75) is 0 Å². The fraction of sp³-hybridized carbons (Fsp3) is 0. The van der Waals surface area contributed by atoms with Crippen LogP contribution in [0.2, 0.25) is 0 Å². The SMILES string of the molecule is O=C(NNC(=O)c1ccccc1)/C(=C\c1ccc(Br)cc1)NC(=O)c1ccco1. The largest absolute Gasteiger partial charge is 0.459 e. The molecule has 0 atom stereocenters. The van der Waals surface area contributed by atoms with E-state index >= 15 is 0 Å². The lowest BCUT2D eigenvalue weighted by molar-refractivity contribution is -0.118. The van der Waals surface area contributed by atoms with Gasteiger partial charge in [0.2, 0.25) is 0 Å². The van der Waals surface area contributed by atoms with Crippen LogP contribution in [0.1, 0.15) is 26.5 Å². The van der Waals surface area contributed by atoms with Gasteiger partial charge in [-0.15, -0.1) is 0 Å². The first-order valence-electron chi connectivity index (χ1n) is 8.51. The van der Waals surface area contributed by atoms with Crippen LogP contribution in [-0.4, -0.2) is 17.7 Å². The molecule has 1 aromatic heterocycles. The van der Waals surface area contributed by atoms with Crippen LogP contribution in [0.15, 0.2) is 87.6 Å². The summed E-state index contributed by atoms with van der Waals surface area (Å²) >= 11 is 3.34. The number of furan rings is 1. The molecule has 0 aliphatic rings. The summed E-state index contributed by atoms with van der Waals surface area (Å²) in [7, 11) is 0. The summed E-state index contributed by atoms with van der Waals surface area (Å²) in [4.78, 5) is 37.0. The van der Waals surface area contributed by atoms with Crippen molar-refractivity contribution < 1.29 is 18.8 Å². The molecule has 0 radical (unpaired) electrons. The Morgan fingerprint density at radius 3 is 2.21 bits per heavy atom. The minimum Gasteiger partial charge on any atom is -0.459 e. The quantitative estimate of drug-likeness (QED) is 0.407. The highest BCUT2D eigenvalue weighted by Crippen LogP contribution is 2.13. The van der Waals surface area contributed by atoms with E-state index in [9.17, 15) is 14.4 Å². The maximum atomic E-state index is 12.6. The molecule has 0 saturated carbocycles. The Labute approximate surface area is 174 Å². The highest BCUT2D eigenvalue weighted by atomic mass is 79.9. The second-order valence-electron chi connectivity index (χ2n) is 5.82. The van der Waals surface area contributed by atoms with Crippen molar-refractivity contribution >= 4 is 39.7 Å². The van der Waals surface area contributed by atoms with E-state index < -0.39 is 17.7 Å². The van der Waals surface area contributed by atoms with Gasteiger partial charge in [-0.25, -0.2) is 0 Å². The van der Waals surface area contributed by atoms with Gasteiger partial charge in [-0.1, -0.05) is 46.3 Å². The van der Waals surface area contributed by atoms with Crippen molar-refractivity contribution in [1.29, 1.82) is 0 Å². The summed E-state index contributed by atoms with van der Waals surface area (Å²) in [5.74, 6) is -1.73. The molecule has 7 nitrogen and oxygen atoms in total. The number of amides is 3. The zero-order valence-corrected chi connectivity index (χ0v) is 16.6. The lowest BCUT2D eigenvalue weighted by Crippen LogP contribution is -2.45. The molecule has 3 rings (SSSR count). The molecule has 3 aromatic rings. The molecule has 3 N–H and O–H groups in total. The molecule has 0 spiro atoms. The Balaban J connectivity index is 1.76. The third kappa shape index (κ3) is 5.66. The highest BCUT2D eigenvalue weighted by Gasteiger charge is 2.17. The zero-order valence-electron chi connectivity index (χ0n) is 15.0. The summed E-state index contributed by atoms with van der Waals surface area (Å²) in [5.41, 5.74) is 5.61. The van der Waals surface area contributed by atoms with Gasteiger partial charge in [0.25, 0.3) is 17.7 Å². The van der Waals surface area contributed by atoms with E-state index in [1.165, 1.54) is 18.4 Å². The lowest BCUT2D eigenvalue weighted by Gasteiger charge is -2.11. The number of hydrazine groups is 1. The molecule has 0 saturated heterocycles. The number of rotatable bonds is 5. The minimum absolute atomic E-state index is 0.0489. The number of benzene rings is 2. The maximum absolute atomic E-state index is 12.6. The number of carbonyl (C=O) groups excluding carboxylic acids is 3. The van der Waals surface area contributed by atoms with Crippen molar-refractivity contribution in [3.63, 3.8) is 0 Å². The minimum atomic E-state index is -0.697. The molecule has 0 aliphatic carbocycles. The molecular formula is C21H16BrN3O4. The summed E-state index contributed by atoms with van der Waals surface area (Å²) < 4.78 is 5.92. The van der Waals surface area contributed by atoms with Crippen LogP contribution in [0, 0.1) is 0 Å². The summed E-state index contributed by atoms with van der Waals surface area (Å²) in [6, 6.07) is 18.6. The van der Waals surface area contributed by atoms with Gasteiger partial charge in [0.15, 0.2) is 5.76 Å². The average Bonchev–Trinajstić information content (AvgIpc) is 3.28. The normalized spacial score (nSPS) is 10.9. The zero-order chi connectivity index (χ0) is 20.6. The van der Waals surface area contributed by atoms with Crippen LogP contribution >= 0.6 is 15.9 Å². The Bertz CT molecular complexity index is 1030. The smallest absolute Gasteiger partial charge is 0.291 e. The third-order valence-corrected chi connectivity index (χ3v) is 4.27. The predicted octanol–water partition coefficient (Wildman–Crippen LogP) is 3.27. The number of nitrogens with one attached hydrogen (secondary N) is 3. The van der Waals surface area contributed by atoms with E-state index in [0.717, 1.165) is 4.47 Å². The van der Waals surface area contributed by atoms with Crippen LogP contribution in [0.5, 0.6) is 0 Å². The van der Waals surface area contributed by atoms with E-state index in [0.29, 0.717) is 11.1 Å².